The van der Waals surface area contributed by atoms with Crippen LogP contribution in [0.3, 0.4) is 0 Å². The summed E-state index contributed by atoms with van der Waals surface area (Å²) in [6.45, 7) is 1.60. The van der Waals surface area contributed by atoms with Crippen molar-refractivity contribution in [1.82, 2.24) is 24.5 Å². The van der Waals surface area contributed by atoms with Crippen LogP contribution < -0.4 is 10.5 Å². The summed E-state index contributed by atoms with van der Waals surface area (Å²) >= 11 is 6.47. The summed E-state index contributed by atoms with van der Waals surface area (Å²) in [4.78, 5) is 18.3. The van der Waals surface area contributed by atoms with Crippen molar-refractivity contribution in [2.75, 3.05) is 11.0 Å². The first kappa shape index (κ1) is 42.8. The van der Waals surface area contributed by atoms with Gasteiger partial charge in [0.05, 0.1) is 27.9 Å². The first-order valence-corrected chi connectivity index (χ1v) is 20.1. The minimum atomic E-state index is -5.30. The lowest BCUT2D eigenvalue weighted by atomic mass is 9.84. The van der Waals surface area contributed by atoms with E-state index in [-0.39, 0.29) is 49.8 Å². The van der Waals surface area contributed by atoms with E-state index in [1.54, 1.807) is 13.8 Å². The van der Waals surface area contributed by atoms with E-state index >= 15 is 8.78 Å². The van der Waals surface area contributed by atoms with Gasteiger partial charge in [-0.05, 0) is 60.6 Å². The van der Waals surface area contributed by atoms with Crippen LogP contribution in [0.1, 0.15) is 72.0 Å². The SMILES string of the molecule is CC(C)C#Cc1ccc(-c2ccc(Cl)c3c(NS(C)(=O)=O)nn(CC(F)(F)F)c23)c([C@@H](Cc2cc(F)cc(F)c2)C(C(N)=O)n2nc(C(F)(F)F)c3c2C(F)(F)[C@@H]2C[C@H]32)n1. The Hall–Kier alpha value is -5.36. The van der Waals surface area contributed by atoms with Gasteiger partial charge in [-0.25, -0.2) is 26.9 Å². The van der Waals surface area contributed by atoms with Crippen LogP contribution in [0, 0.1) is 35.3 Å². The molecule has 3 heterocycles. The maximum atomic E-state index is 16.1. The number of halogens is 11. The van der Waals surface area contributed by atoms with Crippen LogP contribution in [0.4, 0.5) is 49.7 Å². The molecule has 1 saturated carbocycles. The van der Waals surface area contributed by atoms with E-state index in [1.165, 1.54) is 18.2 Å². The Morgan fingerprint density at radius 3 is 2.27 bits per heavy atom. The van der Waals surface area contributed by atoms with Crippen LogP contribution >= 0.6 is 11.6 Å². The molecule has 7 rings (SSSR count). The fraction of sp³-hybridized carbons (Fsp3) is 0.368. The average molecular weight is 890 g/mol. The number of anilines is 1. The molecule has 60 heavy (non-hydrogen) atoms. The first-order chi connectivity index (χ1) is 27.7. The third kappa shape index (κ3) is 8.10. The number of pyridine rings is 1. The molecule has 1 unspecified atom stereocenters. The van der Waals surface area contributed by atoms with Crippen LogP contribution in [-0.2, 0) is 39.9 Å². The second-order valence-electron chi connectivity index (χ2n) is 14.9. The second kappa shape index (κ2) is 14.7. The number of alkyl halides is 8. The van der Waals surface area contributed by atoms with Gasteiger partial charge in [0, 0.05) is 40.5 Å². The molecule has 1 fully saturated rings. The topological polar surface area (TPSA) is 138 Å². The van der Waals surface area contributed by atoms with Crippen molar-refractivity contribution in [2.45, 2.75) is 69.4 Å². The van der Waals surface area contributed by atoms with E-state index in [1.807, 2.05) is 4.72 Å². The smallest absolute Gasteiger partial charge is 0.368 e. The highest BCUT2D eigenvalue weighted by Gasteiger charge is 2.69. The Morgan fingerprint density at radius 2 is 1.68 bits per heavy atom. The molecular weight excluding hydrogens is 860 g/mol. The number of fused-ring (bicyclic) bond motifs is 4. The summed E-state index contributed by atoms with van der Waals surface area (Å²) < 4.78 is 175. The molecule has 10 nitrogen and oxygen atoms in total. The number of rotatable bonds is 10. The lowest BCUT2D eigenvalue weighted by Gasteiger charge is -2.29. The summed E-state index contributed by atoms with van der Waals surface area (Å²) in [6, 6.07) is 4.64. The van der Waals surface area contributed by atoms with Crippen LogP contribution in [0.2, 0.25) is 5.02 Å². The summed E-state index contributed by atoms with van der Waals surface area (Å²) in [5, 5.41) is 6.75. The maximum Gasteiger partial charge on any atom is 0.435 e. The number of primary amides is 1. The van der Waals surface area contributed by atoms with Gasteiger partial charge >= 0.3 is 12.4 Å². The number of hydrogen-bond acceptors (Lipinski definition) is 6. The van der Waals surface area contributed by atoms with Gasteiger partial charge in [0.1, 0.15) is 35.6 Å². The van der Waals surface area contributed by atoms with Crippen LogP contribution in [0.5, 0.6) is 0 Å². The number of nitrogens with two attached hydrogens (primary N) is 1. The summed E-state index contributed by atoms with van der Waals surface area (Å²) in [5.74, 6) is -7.80. The van der Waals surface area contributed by atoms with Crippen molar-refractivity contribution >= 4 is 44.3 Å². The Kier molecular flexibility index (Phi) is 10.5. The fourth-order valence-electron chi connectivity index (χ4n) is 7.76. The molecular formula is C38H30ClF10N7O3S. The van der Waals surface area contributed by atoms with Gasteiger partial charge in [0.15, 0.2) is 11.5 Å². The molecule has 318 valence electrons. The molecule has 2 aromatic carbocycles. The standard InChI is InChI=1S/C38H30ClF10N7O3S/c1-16(2)4-5-20-6-7-21(22-8-9-26(39)28-30(22)55(15-36(42,43)44)53-35(28)54-60(3,58)59)29(51-20)24(12-17-10-18(40)13-19(41)11-17)31(34(50)57)56-33-27(32(52-56)38(47,48)49)23-14-25(23)37(33,45)46/h6-11,13,16,23-25,31H,12,14-15H2,1-3H3,(H2,50,57)(H,53,54)/t23-,24+,25+,31?/m0/s1. The molecule has 22 heteroatoms. The summed E-state index contributed by atoms with van der Waals surface area (Å²) in [7, 11) is -4.21. The largest absolute Gasteiger partial charge is 0.435 e. The third-order valence-corrected chi connectivity index (χ3v) is 10.9. The fourth-order valence-corrected chi connectivity index (χ4v) is 8.50. The van der Waals surface area contributed by atoms with E-state index < -0.39 is 117 Å². The molecule has 3 N–H and O–H groups in total. The molecule has 1 amide bonds. The van der Waals surface area contributed by atoms with Gasteiger partial charge in [-0.1, -0.05) is 37.4 Å². The summed E-state index contributed by atoms with van der Waals surface area (Å²) in [5.41, 5.74) is 0.382. The minimum Gasteiger partial charge on any atom is -0.368 e. The monoisotopic (exact) mass is 889 g/mol. The molecule has 0 bridgehead atoms. The lowest BCUT2D eigenvalue weighted by Crippen LogP contribution is -2.37. The zero-order valence-corrected chi connectivity index (χ0v) is 32.7. The van der Waals surface area contributed by atoms with Crippen LogP contribution in [0.25, 0.3) is 22.0 Å². The molecule has 3 aromatic heterocycles. The highest BCUT2D eigenvalue weighted by molar-refractivity contribution is 7.92. The van der Waals surface area contributed by atoms with Gasteiger partial charge < -0.3 is 5.73 Å². The molecule has 0 saturated heterocycles. The molecule has 4 atom stereocenters. The number of carbonyl (C=O) groups excluding carboxylic acids is 1. The van der Waals surface area contributed by atoms with Gasteiger partial charge in [0.2, 0.25) is 15.9 Å². The zero-order chi connectivity index (χ0) is 44.0. The maximum absolute atomic E-state index is 16.1. The predicted molar refractivity (Wildman–Crippen MR) is 197 cm³/mol. The highest BCUT2D eigenvalue weighted by atomic mass is 35.5. The quantitative estimate of drug-likeness (QED) is 0.107. The number of carbonyl (C=O) groups is 1. The lowest BCUT2D eigenvalue weighted by molar-refractivity contribution is -0.143. The minimum absolute atomic E-state index is 0.0946. The van der Waals surface area contributed by atoms with Crippen molar-refractivity contribution in [3.63, 3.8) is 0 Å². The van der Waals surface area contributed by atoms with Gasteiger partial charge in [-0.2, -0.15) is 45.3 Å². The van der Waals surface area contributed by atoms with Gasteiger partial charge in [0.25, 0.3) is 5.92 Å². The molecule has 2 aliphatic carbocycles. The molecule has 0 aliphatic heterocycles. The van der Waals surface area contributed by atoms with Crippen LogP contribution in [0.15, 0.2) is 42.5 Å². The first-order valence-electron chi connectivity index (χ1n) is 17.8. The molecule has 5 aromatic rings. The second-order valence-corrected chi connectivity index (χ2v) is 17.1. The Balaban J connectivity index is 1.59. The van der Waals surface area contributed by atoms with Crippen LogP contribution in [-0.4, -0.2) is 51.3 Å². The van der Waals surface area contributed by atoms with E-state index in [9.17, 15) is 48.3 Å². The number of nitrogens with one attached hydrogen (secondary N) is 1. The Bertz CT molecular complexity index is 2730. The van der Waals surface area contributed by atoms with Gasteiger partial charge in [-0.15, -0.1) is 0 Å². The van der Waals surface area contributed by atoms with Gasteiger partial charge in [-0.3, -0.25) is 14.2 Å². The highest BCUT2D eigenvalue weighted by Crippen LogP contribution is 2.69. The van der Waals surface area contributed by atoms with E-state index in [0.29, 0.717) is 17.0 Å². The number of aromatic nitrogens is 5. The van der Waals surface area contributed by atoms with Crippen molar-refractivity contribution < 1.29 is 57.1 Å². The number of nitrogens with zero attached hydrogens (tertiary/aromatic N) is 5. The Morgan fingerprint density at radius 1 is 1.03 bits per heavy atom. The van der Waals surface area contributed by atoms with E-state index in [4.69, 9.17) is 17.3 Å². The number of sulfonamides is 1. The van der Waals surface area contributed by atoms with Crippen molar-refractivity contribution in [3.8, 4) is 23.0 Å². The van der Waals surface area contributed by atoms with E-state index in [2.05, 4.69) is 27.0 Å². The van der Waals surface area contributed by atoms with Crippen molar-refractivity contribution in [2.24, 2.45) is 17.6 Å². The molecule has 0 spiro atoms. The molecule has 2 aliphatic rings. The number of amides is 1. The van der Waals surface area contributed by atoms with E-state index in [0.717, 1.165) is 18.2 Å². The van der Waals surface area contributed by atoms with Crippen molar-refractivity contribution in [1.29, 1.82) is 0 Å². The number of hydrogen-bond donors (Lipinski definition) is 2. The predicted octanol–water partition coefficient (Wildman–Crippen LogP) is 8.45. The molecule has 0 radical (unpaired) electrons. The third-order valence-electron chi connectivity index (χ3n) is 9.98. The normalized spacial score (nSPS) is 18.2. The summed E-state index contributed by atoms with van der Waals surface area (Å²) in [6.07, 6.45) is -10.7. The Labute approximate surface area is 339 Å². The van der Waals surface area contributed by atoms with Crippen molar-refractivity contribution in [3.05, 3.63) is 93.0 Å². The average Bonchev–Trinajstić information content (AvgIpc) is 3.61. The zero-order valence-electron chi connectivity index (χ0n) is 31.2. The number of benzene rings is 2.